The van der Waals surface area contributed by atoms with Gasteiger partial charge in [0.05, 0.1) is 0 Å². The van der Waals surface area contributed by atoms with Crippen LogP contribution in [-0.2, 0) is 0 Å². The van der Waals surface area contributed by atoms with Crippen molar-refractivity contribution in [3.8, 4) is 0 Å². The number of rotatable bonds is 3. The van der Waals surface area contributed by atoms with E-state index in [2.05, 4.69) is 5.32 Å². The van der Waals surface area contributed by atoms with Gasteiger partial charge in [-0.3, -0.25) is 4.79 Å². The van der Waals surface area contributed by atoms with Crippen molar-refractivity contribution in [2.45, 2.75) is 44.6 Å². The lowest BCUT2D eigenvalue weighted by atomic mass is 10.1. The van der Waals surface area contributed by atoms with Gasteiger partial charge in [0.2, 0.25) is 0 Å². The number of nitrogens with one attached hydrogen (secondary N) is 1. The van der Waals surface area contributed by atoms with Gasteiger partial charge in [0.15, 0.2) is 0 Å². The highest BCUT2D eigenvalue weighted by Gasteiger charge is 2.11. The summed E-state index contributed by atoms with van der Waals surface area (Å²) in [6.45, 7) is 0. The summed E-state index contributed by atoms with van der Waals surface area (Å²) >= 11 is 0. The van der Waals surface area contributed by atoms with E-state index in [9.17, 15) is 4.79 Å². The fourth-order valence-corrected chi connectivity index (χ4v) is 2.36. The zero-order valence-corrected chi connectivity index (χ0v) is 9.61. The summed E-state index contributed by atoms with van der Waals surface area (Å²) < 4.78 is 0. The standard InChI is InChI=1S/C14H19NO/c16-11-12-6-5-9-14(10-12)15-13-7-3-1-2-4-8-13/h5-6,9-11,13,15H,1-4,7-8H2. The molecule has 1 N–H and O–H groups in total. The average Bonchev–Trinajstić information content (AvgIpc) is 2.58. The first-order valence-electron chi connectivity index (χ1n) is 6.20. The van der Waals surface area contributed by atoms with Crippen LogP contribution < -0.4 is 5.32 Å². The Labute approximate surface area is 97.1 Å². The first-order chi connectivity index (χ1) is 7.88. The van der Waals surface area contributed by atoms with Crippen LogP contribution in [-0.4, -0.2) is 12.3 Å². The summed E-state index contributed by atoms with van der Waals surface area (Å²) in [6, 6.07) is 8.33. The highest BCUT2D eigenvalue weighted by molar-refractivity contribution is 5.76. The van der Waals surface area contributed by atoms with Crippen molar-refractivity contribution in [3.05, 3.63) is 29.8 Å². The van der Waals surface area contributed by atoms with Gasteiger partial charge in [-0.25, -0.2) is 0 Å². The number of hydrogen-bond donors (Lipinski definition) is 1. The predicted molar refractivity (Wildman–Crippen MR) is 66.9 cm³/mol. The molecule has 1 fully saturated rings. The number of aldehydes is 1. The lowest BCUT2D eigenvalue weighted by Gasteiger charge is -2.17. The minimum absolute atomic E-state index is 0.587. The quantitative estimate of drug-likeness (QED) is 0.618. The van der Waals surface area contributed by atoms with Gasteiger partial charge in [0, 0.05) is 17.3 Å². The first kappa shape index (κ1) is 11.2. The molecular formula is C14H19NO. The predicted octanol–water partition coefficient (Wildman–Crippen LogP) is 3.63. The highest BCUT2D eigenvalue weighted by Crippen LogP contribution is 2.21. The van der Waals surface area contributed by atoms with Gasteiger partial charge in [0.25, 0.3) is 0 Å². The molecule has 0 amide bonds. The van der Waals surface area contributed by atoms with Gasteiger partial charge in [-0.15, -0.1) is 0 Å². The largest absolute Gasteiger partial charge is 0.382 e. The fraction of sp³-hybridized carbons (Fsp3) is 0.500. The van der Waals surface area contributed by atoms with E-state index in [1.807, 2.05) is 24.3 Å². The molecule has 0 aliphatic heterocycles. The second-order valence-electron chi connectivity index (χ2n) is 4.58. The molecule has 1 saturated carbocycles. The van der Waals surface area contributed by atoms with Crippen LogP contribution in [0.4, 0.5) is 5.69 Å². The third-order valence-electron chi connectivity index (χ3n) is 3.25. The molecule has 1 aromatic rings. The molecule has 1 aromatic carbocycles. The summed E-state index contributed by atoms with van der Waals surface area (Å²) in [4.78, 5) is 10.7. The van der Waals surface area contributed by atoms with E-state index in [0.29, 0.717) is 6.04 Å². The van der Waals surface area contributed by atoms with Crippen molar-refractivity contribution in [1.29, 1.82) is 0 Å². The fourth-order valence-electron chi connectivity index (χ4n) is 2.36. The van der Waals surface area contributed by atoms with Gasteiger partial charge in [-0.05, 0) is 25.0 Å². The van der Waals surface area contributed by atoms with Crippen molar-refractivity contribution in [3.63, 3.8) is 0 Å². The average molecular weight is 217 g/mol. The molecule has 0 saturated heterocycles. The number of carbonyl (C=O) groups is 1. The second-order valence-corrected chi connectivity index (χ2v) is 4.58. The molecule has 2 nitrogen and oxygen atoms in total. The molecule has 0 aromatic heterocycles. The summed E-state index contributed by atoms with van der Waals surface area (Å²) in [5.41, 5.74) is 1.83. The molecule has 1 aliphatic carbocycles. The van der Waals surface area contributed by atoms with Crippen LogP contribution in [0.15, 0.2) is 24.3 Å². The lowest BCUT2D eigenvalue weighted by Crippen LogP contribution is -2.18. The topological polar surface area (TPSA) is 29.1 Å². The number of carbonyl (C=O) groups excluding carboxylic acids is 1. The van der Waals surface area contributed by atoms with Crippen LogP contribution in [0.5, 0.6) is 0 Å². The van der Waals surface area contributed by atoms with Gasteiger partial charge < -0.3 is 5.32 Å². The van der Waals surface area contributed by atoms with Crippen LogP contribution in [0.2, 0.25) is 0 Å². The molecule has 86 valence electrons. The van der Waals surface area contributed by atoms with Crippen LogP contribution in [0, 0.1) is 0 Å². The minimum atomic E-state index is 0.587. The van der Waals surface area contributed by atoms with Crippen LogP contribution >= 0.6 is 0 Å². The third kappa shape index (κ3) is 3.09. The Balaban J connectivity index is 1.98. The third-order valence-corrected chi connectivity index (χ3v) is 3.25. The molecule has 0 unspecified atom stereocenters. The monoisotopic (exact) mass is 217 g/mol. The summed E-state index contributed by atoms with van der Waals surface area (Å²) in [5.74, 6) is 0. The number of benzene rings is 1. The first-order valence-corrected chi connectivity index (χ1v) is 6.20. The van der Waals surface area contributed by atoms with Gasteiger partial charge >= 0.3 is 0 Å². The number of hydrogen-bond acceptors (Lipinski definition) is 2. The summed E-state index contributed by atoms with van der Waals surface area (Å²) in [7, 11) is 0. The Morgan fingerprint density at radius 2 is 1.88 bits per heavy atom. The maximum absolute atomic E-state index is 10.7. The summed E-state index contributed by atoms with van der Waals surface area (Å²) in [5, 5.41) is 3.54. The summed E-state index contributed by atoms with van der Waals surface area (Å²) in [6.07, 6.45) is 8.80. The van der Waals surface area contributed by atoms with E-state index in [1.165, 1.54) is 38.5 Å². The molecule has 2 rings (SSSR count). The second kappa shape index (κ2) is 5.69. The molecule has 16 heavy (non-hydrogen) atoms. The number of anilines is 1. The van der Waals surface area contributed by atoms with E-state index in [4.69, 9.17) is 0 Å². The SMILES string of the molecule is O=Cc1cccc(NC2CCCCCC2)c1. The highest BCUT2D eigenvalue weighted by atomic mass is 16.1. The normalized spacial score (nSPS) is 17.8. The maximum Gasteiger partial charge on any atom is 0.150 e. The zero-order chi connectivity index (χ0) is 11.2. The van der Waals surface area contributed by atoms with Crippen molar-refractivity contribution < 1.29 is 4.79 Å². The zero-order valence-electron chi connectivity index (χ0n) is 9.61. The van der Waals surface area contributed by atoms with Crippen LogP contribution in [0.3, 0.4) is 0 Å². The smallest absolute Gasteiger partial charge is 0.150 e. The van der Waals surface area contributed by atoms with Crippen molar-refractivity contribution in [2.75, 3.05) is 5.32 Å². The van der Waals surface area contributed by atoms with E-state index >= 15 is 0 Å². The van der Waals surface area contributed by atoms with Gasteiger partial charge in [0.1, 0.15) is 6.29 Å². The Morgan fingerprint density at radius 3 is 2.56 bits per heavy atom. The van der Waals surface area contributed by atoms with Crippen molar-refractivity contribution in [1.82, 2.24) is 0 Å². The molecule has 0 atom stereocenters. The van der Waals surface area contributed by atoms with E-state index in [0.717, 1.165) is 17.5 Å². The molecule has 1 aliphatic rings. The molecule has 0 heterocycles. The molecule has 0 bridgehead atoms. The van der Waals surface area contributed by atoms with E-state index in [-0.39, 0.29) is 0 Å². The van der Waals surface area contributed by atoms with Crippen molar-refractivity contribution >= 4 is 12.0 Å². The Morgan fingerprint density at radius 1 is 1.12 bits per heavy atom. The minimum Gasteiger partial charge on any atom is -0.382 e. The lowest BCUT2D eigenvalue weighted by molar-refractivity contribution is 0.112. The van der Waals surface area contributed by atoms with Crippen LogP contribution in [0.25, 0.3) is 0 Å². The Hall–Kier alpha value is -1.31. The molecule has 2 heteroatoms. The molecule has 0 radical (unpaired) electrons. The Kier molecular flexibility index (Phi) is 3.97. The maximum atomic E-state index is 10.7. The Bertz CT molecular complexity index is 340. The van der Waals surface area contributed by atoms with E-state index in [1.54, 1.807) is 0 Å². The van der Waals surface area contributed by atoms with Crippen LogP contribution in [0.1, 0.15) is 48.9 Å². The molecular weight excluding hydrogens is 198 g/mol. The molecule has 0 spiro atoms. The van der Waals surface area contributed by atoms with Gasteiger partial charge in [-0.2, -0.15) is 0 Å². The van der Waals surface area contributed by atoms with Gasteiger partial charge in [-0.1, -0.05) is 37.8 Å². The van der Waals surface area contributed by atoms with E-state index < -0.39 is 0 Å². The van der Waals surface area contributed by atoms with Crippen molar-refractivity contribution in [2.24, 2.45) is 0 Å².